The molecule has 1 fully saturated rings. The molecule has 1 aliphatic carbocycles. The molecule has 2 heterocycles. The SMILES string of the molecule is COCCCN(CC(=O)N1CCc2sccc2C1c1ccc(OC)cc1)C(=O)C1CC1c1ccccc1. The van der Waals surface area contributed by atoms with Gasteiger partial charge < -0.3 is 19.3 Å². The van der Waals surface area contributed by atoms with Gasteiger partial charge in [-0.25, -0.2) is 0 Å². The Balaban J connectivity index is 1.35. The Hall–Kier alpha value is -3.16. The number of nitrogens with zero attached hydrogens (tertiary/aromatic N) is 2. The van der Waals surface area contributed by atoms with Crippen LogP contribution in [0.4, 0.5) is 0 Å². The highest BCUT2D eigenvalue weighted by Crippen LogP contribution is 2.48. The molecule has 1 aromatic heterocycles. The summed E-state index contributed by atoms with van der Waals surface area (Å²) in [5.74, 6) is 1.03. The summed E-state index contributed by atoms with van der Waals surface area (Å²) >= 11 is 1.75. The average molecular weight is 519 g/mol. The largest absolute Gasteiger partial charge is 0.497 e. The molecule has 2 aromatic carbocycles. The van der Waals surface area contributed by atoms with E-state index in [1.54, 1.807) is 30.5 Å². The maximum absolute atomic E-state index is 13.9. The first-order valence-corrected chi connectivity index (χ1v) is 13.8. The van der Waals surface area contributed by atoms with Gasteiger partial charge in [-0.15, -0.1) is 11.3 Å². The second-order valence-corrected chi connectivity index (χ2v) is 10.8. The zero-order valence-corrected chi connectivity index (χ0v) is 22.3. The molecule has 0 bridgehead atoms. The number of fused-ring (bicyclic) bond motifs is 1. The fourth-order valence-corrected chi connectivity index (χ4v) is 6.33. The Morgan fingerprint density at radius 3 is 2.54 bits per heavy atom. The first-order chi connectivity index (χ1) is 18.1. The smallest absolute Gasteiger partial charge is 0.242 e. The first kappa shape index (κ1) is 25.5. The highest BCUT2D eigenvalue weighted by atomic mass is 32.1. The Bertz CT molecular complexity index is 1210. The summed E-state index contributed by atoms with van der Waals surface area (Å²) in [5, 5.41) is 2.10. The minimum Gasteiger partial charge on any atom is -0.497 e. The predicted molar refractivity (Wildman–Crippen MR) is 145 cm³/mol. The standard InChI is InChI=1S/C30H34N2O4S/c1-35-17-6-15-31(30(34)26-19-25(26)21-7-4-3-5-8-21)20-28(33)32-16-13-27-24(14-18-37-27)29(32)22-9-11-23(36-2)12-10-22/h3-5,7-12,14,18,25-26,29H,6,13,15-17,19-20H2,1-2H3. The summed E-state index contributed by atoms with van der Waals surface area (Å²) in [6.45, 7) is 1.80. The molecule has 7 heteroatoms. The first-order valence-electron chi connectivity index (χ1n) is 12.9. The highest BCUT2D eigenvalue weighted by molar-refractivity contribution is 7.10. The summed E-state index contributed by atoms with van der Waals surface area (Å²) in [7, 11) is 3.31. The van der Waals surface area contributed by atoms with Crippen LogP contribution in [0.2, 0.25) is 0 Å². The molecular formula is C30H34N2O4S. The van der Waals surface area contributed by atoms with E-state index in [1.807, 2.05) is 47.4 Å². The third kappa shape index (κ3) is 5.58. The number of methoxy groups -OCH3 is 2. The number of benzene rings is 2. The van der Waals surface area contributed by atoms with E-state index in [2.05, 4.69) is 23.6 Å². The molecule has 194 valence electrons. The highest BCUT2D eigenvalue weighted by Gasteiger charge is 2.46. The second-order valence-electron chi connectivity index (χ2n) is 9.78. The number of carbonyl (C=O) groups excluding carboxylic acids is 2. The topological polar surface area (TPSA) is 59.1 Å². The van der Waals surface area contributed by atoms with Crippen molar-refractivity contribution in [3.8, 4) is 5.75 Å². The lowest BCUT2D eigenvalue weighted by Gasteiger charge is -2.37. The van der Waals surface area contributed by atoms with Crippen LogP contribution in [0.25, 0.3) is 0 Å². The van der Waals surface area contributed by atoms with E-state index in [4.69, 9.17) is 9.47 Å². The maximum atomic E-state index is 13.9. The van der Waals surface area contributed by atoms with Crippen molar-refractivity contribution >= 4 is 23.2 Å². The van der Waals surface area contributed by atoms with Crippen molar-refractivity contribution in [2.75, 3.05) is 40.5 Å². The third-order valence-corrected chi connectivity index (χ3v) is 8.46. The number of amides is 2. The Morgan fingerprint density at radius 1 is 1.03 bits per heavy atom. The van der Waals surface area contributed by atoms with Crippen LogP contribution in [0.15, 0.2) is 66.0 Å². The number of carbonyl (C=O) groups is 2. The van der Waals surface area contributed by atoms with Crippen LogP contribution in [-0.2, 0) is 20.7 Å². The summed E-state index contributed by atoms with van der Waals surface area (Å²) in [6, 6.07) is 20.1. The zero-order valence-electron chi connectivity index (χ0n) is 21.5. The van der Waals surface area contributed by atoms with Crippen molar-refractivity contribution in [3.05, 3.63) is 87.6 Å². The van der Waals surface area contributed by atoms with Crippen molar-refractivity contribution in [1.29, 1.82) is 0 Å². The molecular weight excluding hydrogens is 484 g/mol. The van der Waals surface area contributed by atoms with E-state index < -0.39 is 0 Å². The summed E-state index contributed by atoms with van der Waals surface area (Å²) in [4.78, 5) is 32.5. The molecule has 5 rings (SSSR count). The van der Waals surface area contributed by atoms with Gasteiger partial charge in [0.15, 0.2) is 0 Å². The van der Waals surface area contributed by atoms with E-state index >= 15 is 0 Å². The normalized spacial score (nSPS) is 20.3. The van der Waals surface area contributed by atoms with E-state index in [0.29, 0.717) is 26.1 Å². The monoisotopic (exact) mass is 518 g/mol. The predicted octanol–water partition coefficient (Wildman–Crippen LogP) is 4.90. The summed E-state index contributed by atoms with van der Waals surface area (Å²) < 4.78 is 10.6. The van der Waals surface area contributed by atoms with Crippen LogP contribution in [0.3, 0.4) is 0 Å². The second kappa shape index (κ2) is 11.5. The molecule has 1 saturated carbocycles. The molecule has 0 N–H and O–H groups in total. The van der Waals surface area contributed by atoms with Crippen molar-refractivity contribution in [1.82, 2.24) is 9.80 Å². The van der Waals surface area contributed by atoms with Crippen molar-refractivity contribution in [2.24, 2.45) is 5.92 Å². The van der Waals surface area contributed by atoms with Gasteiger partial charge in [-0.2, -0.15) is 0 Å². The number of rotatable bonds is 10. The fourth-order valence-electron chi connectivity index (χ4n) is 5.42. The van der Waals surface area contributed by atoms with Crippen molar-refractivity contribution in [2.45, 2.75) is 31.2 Å². The molecule has 2 amide bonds. The van der Waals surface area contributed by atoms with Gasteiger partial charge in [0.25, 0.3) is 0 Å². The van der Waals surface area contributed by atoms with Crippen LogP contribution in [-0.4, -0.2) is 62.1 Å². The lowest BCUT2D eigenvalue weighted by Crippen LogP contribution is -2.47. The number of hydrogen-bond acceptors (Lipinski definition) is 5. The van der Waals surface area contributed by atoms with Gasteiger partial charge in [0.1, 0.15) is 5.75 Å². The van der Waals surface area contributed by atoms with Crippen LogP contribution < -0.4 is 4.74 Å². The van der Waals surface area contributed by atoms with Gasteiger partial charge in [-0.1, -0.05) is 42.5 Å². The molecule has 6 nitrogen and oxygen atoms in total. The maximum Gasteiger partial charge on any atom is 0.242 e. The number of hydrogen-bond donors (Lipinski definition) is 0. The molecule has 0 spiro atoms. The van der Waals surface area contributed by atoms with E-state index in [9.17, 15) is 9.59 Å². The van der Waals surface area contributed by atoms with Crippen molar-refractivity contribution in [3.63, 3.8) is 0 Å². The third-order valence-electron chi connectivity index (χ3n) is 7.47. The fraction of sp³-hybridized carbons (Fsp3) is 0.400. The Kier molecular flexibility index (Phi) is 7.91. The molecule has 1 aliphatic heterocycles. The average Bonchev–Trinajstić information content (AvgIpc) is 3.60. The van der Waals surface area contributed by atoms with Crippen LogP contribution in [0.5, 0.6) is 5.75 Å². The molecule has 3 unspecified atom stereocenters. The minimum absolute atomic E-state index is 0.0136. The molecule has 0 radical (unpaired) electrons. The molecule has 3 atom stereocenters. The summed E-state index contributed by atoms with van der Waals surface area (Å²) in [6.07, 6.45) is 2.38. The quantitative estimate of drug-likeness (QED) is 0.358. The van der Waals surface area contributed by atoms with Crippen LogP contribution >= 0.6 is 11.3 Å². The minimum atomic E-state index is -0.165. The Labute approximate surface area is 222 Å². The van der Waals surface area contributed by atoms with E-state index in [0.717, 1.165) is 24.2 Å². The van der Waals surface area contributed by atoms with Gasteiger partial charge in [0, 0.05) is 37.6 Å². The Morgan fingerprint density at radius 2 is 1.81 bits per heavy atom. The number of thiophene rings is 1. The molecule has 2 aliphatic rings. The molecule has 0 saturated heterocycles. The van der Waals surface area contributed by atoms with E-state index in [1.165, 1.54) is 16.0 Å². The zero-order chi connectivity index (χ0) is 25.8. The van der Waals surface area contributed by atoms with Crippen LogP contribution in [0, 0.1) is 5.92 Å². The summed E-state index contributed by atoms with van der Waals surface area (Å²) in [5.41, 5.74) is 3.43. The van der Waals surface area contributed by atoms with Gasteiger partial charge in [-0.05, 0) is 65.4 Å². The lowest BCUT2D eigenvalue weighted by atomic mass is 9.93. The molecule has 3 aromatic rings. The van der Waals surface area contributed by atoms with Gasteiger partial charge in [-0.3, -0.25) is 9.59 Å². The van der Waals surface area contributed by atoms with Gasteiger partial charge in [0.2, 0.25) is 11.8 Å². The lowest BCUT2D eigenvalue weighted by molar-refractivity contribution is -0.142. The van der Waals surface area contributed by atoms with E-state index in [-0.39, 0.29) is 36.2 Å². The van der Waals surface area contributed by atoms with Crippen molar-refractivity contribution < 1.29 is 19.1 Å². The van der Waals surface area contributed by atoms with Gasteiger partial charge in [0.05, 0.1) is 19.7 Å². The van der Waals surface area contributed by atoms with Crippen LogP contribution in [0.1, 0.15) is 46.4 Å². The van der Waals surface area contributed by atoms with Gasteiger partial charge >= 0.3 is 0 Å². The molecule has 37 heavy (non-hydrogen) atoms. The number of ether oxygens (including phenoxy) is 2.